The highest BCUT2D eigenvalue weighted by Gasteiger charge is 2.18. The lowest BCUT2D eigenvalue weighted by Gasteiger charge is -2.08. The maximum atomic E-state index is 13.6. The standard InChI is InChI=1S/C12H11FN2O5S/c1-7-4-9(14-20-7)6-21(18,19)15-11-5-8(12(16)17)2-3-10(11)13/h2-5,15H,6H2,1H3,(H,16,17). The fraction of sp³-hybridized carbons (Fsp3) is 0.167. The molecular formula is C12H11FN2O5S. The molecule has 0 spiro atoms. The Morgan fingerprint density at radius 3 is 2.71 bits per heavy atom. The number of halogens is 1. The number of rotatable bonds is 5. The SMILES string of the molecule is Cc1cc(CS(=O)(=O)Nc2cc(C(=O)O)ccc2F)no1. The zero-order chi connectivity index (χ0) is 15.6. The summed E-state index contributed by atoms with van der Waals surface area (Å²) in [4.78, 5) is 10.8. The number of benzene rings is 1. The lowest BCUT2D eigenvalue weighted by Crippen LogP contribution is -2.16. The van der Waals surface area contributed by atoms with E-state index in [2.05, 4.69) is 5.16 Å². The van der Waals surface area contributed by atoms with Crippen molar-refractivity contribution in [2.45, 2.75) is 12.7 Å². The van der Waals surface area contributed by atoms with Crippen molar-refractivity contribution < 1.29 is 27.2 Å². The molecule has 0 saturated heterocycles. The fourth-order valence-electron chi connectivity index (χ4n) is 1.62. The molecule has 112 valence electrons. The molecule has 0 amide bonds. The third-order valence-electron chi connectivity index (χ3n) is 2.49. The predicted molar refractivity (Wildman–Crippen MR) is 70.8 cm³/mol. The molecule has 21 heavy (non-hydrogen) atoms. The van der Waals surface area contributed by atoms with Gasteiger partial charge in [0.25, 0.3) is 0 Å². The van der Waals surface area contributed by atoms with E-state index in [0.717, 1.165) is 18.2 Å². The maximum absolute atomic E-state index is 13.6. The van der Waals surface area contributed by atoms with E-state index in [0.29, 0.717) is 5.76 Å². The minimum atomic E-state index is -3.94. The van der Waals surface area contributed by atoms with Crippen LogP contribution in [0.2, 0.25) is 0 Å². The van der Waals surface area contributed by atoms with E-state index in [1.165, 1.54) is 6.07 Å². The average Bonchev–Trinajstić information content (AvgIpc) is 2.76. The van der Waals surface area contributed by atoms with Crippen LogP contribution >= 0.6 is 0 Å². The summed E-state index contributed by atoms with van der Waals surface area (Å²) in [6, 6.07) is 4.25. The molecule has 2 rings (SSSR count). The van der Waals surface area contributed by atoms with Crippen molar-refractivity contribution in [3.8, 4) is 0 Å². The molecule has 0 aliphatic carbocycles. The molecule has 1 heterocycles. The van der Waals surface area contributed by atoms with E-state index in [4.69, 9.17) is 9.63 Å². The van der Waals surface area contributed by atoms with Crippen LogP contribution < -0.4 is 4.72 Å². The molecule has 9 heteroatoms. The second-order valence-corrected chi connectivity index (χ2v) is 6.01. The molecule has 2 N–H and O–H groups in total. The summed E-state index contributed by atoms with van der Waals surface area (Å²) < 4.78 is 44.1. The summed E-state index contributed by atoms with van der Waals surface area (Å²) in [6.07, 6.45) is 0. The highest BCUT2D eigenvalue weighted by molar-refractivity contribution is 7.91. The normalized spacial score (nSPS) is 11.3. The van der Waals surface area contributed by atoms with Crippen LogP contribution in [0.15, 0.2) is 28.8 Å². The van der Waals surface area contributed by atoms with E-state index < -0.39 is 33.3 Å². The van der Waals surface area contributed by atoms with Crippen LogP contribution in [-0.2, 0) is 15.8 Å². The van der Waals surface area contributed by atoms with Crippen LogP contribution in [0.4, 0.5) is 10.1 Å². The van der Waals surface area contributed by atoms with Crippen molar-refractivity contribution in [2.75, 3.05) is 4.72 Å². The number of anilines is 1. The Labute approximate surface area is 119 Å². The smallest absolute Gasteiger partial charge is 0.335 e. The molecule has 1 aromatic carbocycles. The number of aromatic nitrogens is 1. The van der Waals surface area contributed by atoms with Gasteiger partial charge in [0.1, 0.15) is 23.0 Å². The summed E-state index contributed by atoms with van der Waals surface area (Å²) in [5.74, 6) is -2.23. The second-order valence-electron chi connectivity index (χ2n) is 4.29. The Hall–Kier alpha value is -2.42. The van der Waals surface area contributed by atoms with Gasteiger partial charge in [-0.15, -0.1) is 0 Å². The van der Waals surface area contributed by atoms with Gasteiger partial charge in [0.05, 0.1) is 11.3 Å². The first-order chi connectivity index (χ1) is 9.77. The molecule has 7 nitrogen and oxygen atoms in total. The van der Waals surface area contributed by atoms with E-state index in [1.807, 2.05) is 4.72 Å². The van der Waals surface area contributed by atoms with Crippen LogP contribution in [0.5, 0.6) is 0 Å². The predicted octanol–water partition coefficient (Wildman–Crippen LogP) is 1.76. The minimum absolute atomic E-state index is 0.162. The Morgan fingerprint density at radius 2 is 2.14 bits per heavy atom. The van der Waals surface area contributed by atoms with Crippen molar-refractivity contribution >= 4 is 21.7 Å². The third-order valence-corrected chi connectivity index (χ3v) is 3.70. The molecule has 0 atom stereocenters. The van der Waals surface area contributed by atoms with Gasteiger partial charge in [-0.05, 0) is 25.1 Å². The van der Waals surface area contributed by atoms with Crippen LogP contribution in [0.25, 0.3) is 0 Å². The number of hydrogen-bond donors (Lipinski definition) is 2. The first-order valence-electron chi connectivity index (χ1n) is 5.72. The number of carbonyl (C=O) groups is 1. The van der Waals surface area contributed by atoms with Gasteiger partial charge in [-0.25, -0.2) is 17.6 Å². The zero-order valence-corrected chi connectivity index (χ0v) is 11.6. The minimum Gasteiger partial charge on any atom is -0.478 e. The van der Waals surface area contributed by atoms with Crippen LogP contribution in [0.1, 0.15) is 21.8 Å². The molecule has 0 aliphatic heterocycles. The van der Waals surface area contributed by atoms with Crippen LogP contribution in [0.3, 0.4) is 0 Å². The summed E-state index contributed by atoms with van der Waals surface area (Å²) in [6.45, 7) is 1.60. The molecule has 0 fully saturated rings. The fourth-order valence-corrected chi connectivity index (χ4v) is 2.71. The third kappa shape index (κ3) is 3.78. The van der Waals surface area contributed by atoms with Gasteiger partial charge in [0, 0.05) is 6.07 Å². The van der Waals surface area contributed by atoms with Crippen molar-refractivity contribution in [1.82, 2.24) is 5.16 Å². The highest BCUT2D eigenvalue weighted by Crippen LogP contribution is 2.19. The van der Waals surface area contributed by atoms with Crippen molar-refractivity contribution in [3.63, 3.8) is 0 Å². The largest absolute Gasteiger partial charge is 0.478 e. The molecule has 0 unspecified atom stereocenters. The summed E-state index contributed by atoms with van der Waals surface area (Å²) in [7, 11) is -3.94. The van der Waals surface area contributed by atoms with Crippen molar-refractivity contribution in [1.29, 1.82) is 0 Å². The maximum Gasteiger partial charge on any atom is 0.335 e. The van der Waals surface area contributed by atoms with Crippen LogP contribution in [0, 0.1) is 12.7 Å². The first-order valence-corrected chi connectivity index (χ1v) is 7.37. The van der Waals surface area contributed by atoms with Gasteiger partial charge in [0.2, 0.25) is 10.0 Å². The number of carboxylic acid groups (broad SMARTS) is 1. The topological polar surface area (TPSA) is 110 Å². The lowest BCUT2D eigenvalue weighted by atomic mass is 10.2. The first kappa shape index (κ1) is 15.0. The number of nitrogens with one attached hydrogen (secondary N) is 1. The zero-order valence-electron chi connectivity index (χ0n) is 10.8. The van der Waals surface area contributed by atoms with E-state index in [1.54, 1.807) is 6.92 Å². The molecule has 2 aromatic rings. The van der Waals surface area contributed by atoms with Gasteiger partial charge in [-0.1, -0.05) is 5.16 Å². The number of nitrogens with zero attached hydrogens (tertiary/aromatic N) is 1. The summed E-state index contributed by atoms with van der Waals surface area (Å²) in [5.41, 5.74) is -0.503. The van der Waals surface area contributed by atoms with Crippen molar-refractivity contribution in [3.05, 3.63) is 47.1 Å². The Balaban J connectivity index is 2.24. The number of aryl methyl sites for hydroxylation is 1. The monoisotopic (exact) mass is 314 g/mol. The molecule has 0 saturated carbocycles. The number of carboxylic acids is 1. The van der Waals surface area contributed by atoms with Crippen molar-refractivity contribution in [2.24, 2.45) is 0 Å². The van der Waals surface area contributed by atoms with E-state index in [-0.39, 0.29) is 11.3 Å². The van der Waals surface area contributed by atoms with E-state index >= 15 is 0 Å². The quantitative estimate of drug-likeness (QED) is 0.870. The number of hydrogen-bond acceptors (Lipinski definition) is 5. The number of sulfonamides is 1. The molecule has 1 aromatic heterocycles. The lowest BCUT2D eigenvalue weighted by molar-refractivity contribution is 0.0697. The Morgan fingerprint density at radius 1 is 1.43 bits per heavy atom. The molecule has 0 bridgehead atoms. The molecule has 0 radical (unpaired) electrons. The van der Waals surface area contributed by atoms with Gasteiger partial charge in [-0.3, -0.25) is 4.72 Å². The van der Waals surface area contributed by atoms with Gasteiger partial charge in [-0.2, -0.15) is 0 Å². The second kappa shape index (κ2) is 5.52. The summed E-state index contributed by atoms with van der Waals surface area (Å²) >= 11 is 0. The molecular weight excluding hydrogens is 303 g/mol. The van der Waals surface area contributed by atoms with Crippen LogP contribution in [-0.4, -0.2) is 24.7 Å². The average molecular weight is 314 g/mol. The van der Waals surface area contributed by atoms with Gasteiger partial charge >= 0.3 is 5.97 Å². The van der Waals surface area contributed by atoms with Gasteiger partial charge in [0.15, 0.2) is 0 Å². The van der Waals surface area contributed by atoms with E-state index in [9.17, 15) is 17.6 Å². The number of aromatic carboxylic acids is 1. The highest BCUT2D eigenvalue weighted by atomic mass is 32.2. The Kier molecular flexibility index (Phi) is 3.94. The Bertz CT molecular complexity index is 785. The molecule has 0 aliphatic rings. The van der Waals surface area contributed by atoms with Gasteiger partial charge < -0.3 is 9.63 Å². The summed E-state index contributed by atoms with van der Waals surface area (Å²) in [5, 5.41) is 12.3.